The normalized spacial score (nSPS) is 9.00. The lowest BCUT2D eigenvalue weighted by atomic mass is 10.4. The van der Waals surface area contributed by atoms with Crippen LogP contribution in [0, 0.1) is 11.8 Å². The molecule has 0 aromatic heterocycles. The number of aliphatic hydroxyl groups is 1. The third kappa shape index (κ3) is 9.04. The summed E-state index contributed by atoms with van der Waals surface area (Å²) in [5.74, 6) is 4.76. The predicted molar refractivity (Wildman–Crippen MR) is 51.5 cm³/mol. The van der Waals surface area contributed by atoms with E-state index in [1.54, 1.807) is 0 Å². The van der Waals surface area contributed by atoms with Crippen molar-refractivity contribution < 1.29 is 19.4 Å². The Morgan fingerprint density at radius 3 is 2.79 bits per heavy atom. The molecule has 1 N–H and O–H groups in total. The SMILES string of the molecule is CCCOC(=O)CCOCC#CCO. The zero-order chi connectivity index (χ0) is 10.6. The van der Waals surface area contributed by atoms with Crippen molar-refractivity contribution in [3.05, 3.63) is 0 Å². The van der Waals surface area contributed by atoms with Crippen LogP contribution in [0.25, 0.3) is 0 Å². The van der Waals surface area contributed by atoms with Crippen molar-refractivity contribution >= 4 is 5.97 Å². The van der Waals surface area contributed by atoms with Crippen molar-refractivity contribution in [2.24, 2.45) is 0 Å². The fourth-order valence-electron chi connectivity index (χ4n) is 0.674. The van der Waals surface area contributed by atoms with Crippen LogP contribution in [0.3, 0.4) is 0 Å². The Labute approximate surface area is 84.2 Å². The molecule has 0 radical (unpaired) electrons. The molecule has 0 spiro atoms. The second-order valence-corrected chi connectivity index (χ2v) is 2.53. The van der Waals surface area contributed by atoms with Gasteiger partial charge < -0.3 is 14.6 Å². The van der Waals surface area contributed by atoms with Crippen molar-refractivity contribution in [2.45, 2.75) is 19.8 Å². The van der Waals surface area contributed by atoms with Crippen molar-refractivity contribution in [3.63, 3.8) is 0 Å². The molecule has 0 aromatic rings. The molecule has 0 saturated carbocycles. The number of ether oxygens (including phenoxy) is 2. The minimum Gasteiger partial charge on any atom is -0.466 e. The van der Waals surface area contributed by atoms with Gasteiger partial charge in [0.25, 0.3) is 0 Å². The highest BCUT2D eigenvalue weighted by Gasteiger charge is 2.00. The highest BCUT2D eigenvalue weighted by molar-refractivity contribution is 5.69. The Balaban J connectivity index is 3.23. The van der Waals surface area contributed by atoms with Crippen LogP contribution < -0.4 is 0 Å². The molecule has 0 aliphatic heterocycles. The van der Waals surface area contributed by atoms with Crippen molar-refractivity contribution in [1.29, 1.82) is 0 Å². The molecule has 0 aromatic carbocycles. The topological polar surface area (TPSA) is 55.8 Å². The fourth-order valence-corrected chi connectivity index (χ4v) is 0.674. The summed E-state index contributed by atoms with van der Waals surface area (Å²) in [7, 11) is 0. The zero-order valence-corrected chi connectivity index (χ0v) is 8.41. The zero-order valence-electron chi connectivity index (χ0n) is 8.41. The number of rotatable bonds is 6. The van der Waals surface area contributed by atoms with Gasteiger partial charge in [-0.25, -0.2) is 0 Å². The average molecular weight is 200 g/mol. The van der Waals surface area contributed by atoms with Crippen LogP contribution in [0.15, 0.2) is 0 Å². The van der Waals surface area contributed by atoms with E-state index < -0.39 is 0 Å². The molecule has 14 heavy (non-hydrogen) atoms. The predicted octanol–water partition coefficient (Wildman–Crippen LogP) is 0.342. The van der Waals surface area contributed by atoms with Gasteiger partial charge in [0.1, 0.15) is 13.2 Å². The maximum atomic E-state index is 10.9. The third-order valence-electron chi connectivity index (χ3n) is 1.30. The van der Waals surface area contributed by atoms with Gasteiger partial charge in [-0.15, -0.1) is 0 Å². The highest BCUT2D eigenvalue weighted by Crippen LogP contribution is 1.89. The first kappa shape index (κ1) is 12.9. The quantitative estimate of drug-likeness (QED) is 0.381. The van der Waals surface area contributed by atoms with Crippen molar-refractivity contribution in [3.8, 4) is 11.8 Å². The van der Waals surface area contributed by atoms with E-state index in [1.807, 2.05) is 6.92 Å². The van der Waals surface area contributed by atoms with E-state index in [4.69, 9.17) is 14.6 Å². The lowest BCUT2D eigenvalue weighted by Gasteiger charge is -2.02. The summed E-state index contributed by atoms with van der Waals surface area (Å²) in [4.78, 5) is 10.9. The molecular formula is C10H16O4. The average Bonchev–Trinajstić information content (AvgIpc) is 2.20. The first-order valence-corrected chi connectivity index (χ1v) is 4.61. The molecule has 0 unspecified atom stereocenters. The lowest BCUT2D eigenvalue weighted by molar-refractivity contribution is -0.144. The summed E-state index contributed by atoms with van der Waals surface area (Å²) >= 11 is 0. The van der Waals surface area contributed by atoms with Gasteiger partial charge in [-0.3, -0.25) is 4.79 Å². The van der Waals surface area contributed by atoms with Gasteiger partial charge in [-0.2, -0.15) is 0 Å². The van der Waals surface area contributed by atoms with Crippen LogP contribution in [-0.2, 0) is 14.3 Å². The molecule has 4 nitrogen and oxygen atoms in total. The summed E-state index contributed by atoms with van der Waals surface area (Å²) < 4.78 is 9.82. The number of aliphatic hydroxyl groups excluding tert-OH is 1. The van der Waals surface area contributed by atoms with Gasteiger partial charge >= 0.3 is 5.97 Å². The summed E-state index contributed by atoms with van der Waals surface area (Å²) in [5, 5.41) is 8.30. The Hall–Kier alpha value is -1.05. The van der Waals surface area contributed by atoms with E-state index in [1.165, 1.54) is 0 Å². The highest BCUT2D eigenvalue weighted by atomic mass is 16.5. The summed E-state index contributed by atoms with van der Waals surface area (Å²) in [6.07, 6.45) is 1.08. The molecule has 0 atom stereocenters. The molecule has 0 aliphatic carbocycles. The fraction of sp³-hybridized carbons (Fsp3) is 0.700. The summed E-state index contributed by atoms with van der Waals surface area (Å²) in [5.41, 5.74) is 0. The van der Waals surface area contributed by atoms with Gasteiger partial charge in [0.15, 0.2) is 0 Å². The maximum absolute atomic E-state index is 10.9. The number of esters is 1. The van der Waals surface area contributed by atoms with Gasteiger partial charge in [0.2, 0.25) is 0 Å². The number of hydrogen-bond acceptors (Lipinski definition) is 4. The molecule has 0 heterocycles. The van der Waals surface area contributed by atoms with Crippen LogP contribution in [0.5, 0.6) is 0 Å². The molecule has 0 bridgehead atoms. The van der Waals surface area contributed by atoms with Crippen molar-refractivity contribution in [2.75, 3.05) is 26.4 Å². The summed E-state index contributed by atoms with van der Waals surface area (Å²) in [6.45, 7) is 2.78. The largest absolute Gasteiger partial charge is 0.466 e. The first-order chi connectivity index (χ1) is 6.81. The van der Waals surface area contributed by atoms with E-state index in [9.17, 15) is 4.79 Å². The Kier molecular flexibility index (Phi) is 9.28. The Morgan fingerprint density at radius 1 is 1.36 bits per heavy atom. The van der Waals surface area contributed by atoms with E-state index in [2.05, 4.69) is 11.8 Å². The number of hydrogen-bond donors (Lipinski definition) is 1. The van der Waals surface area contributed by atoms with E-state index in [-0.39, 0.29) is 25.6 Å². The van der Waals surface area contributed by atoms with Crippen LogP contribution in [0.2, 0.25) is 0 Å². The molecule has 0 amide bonds. The van der Waals surface area contributed by atoms with Crippen LogP contribution in [-0.4, -0.2) is 37.5 Å². The van der Waals surface area contributed by atoms with E-state index in [0.717, 1.165) is 6.42 Å². The molecule has 0 rings (SSSR count). The molecule has 80 valence electrons. The monoisotopic (exact) mass is 200 g/mol. The van der Waals surface area contributed by atoms with Gasteiger partial charge in [0.05, 0.1) is 19.6 Å². The van der Waals surface area contributed by atoms with Crippen molar-refractivity contribution in [1.82, 2.24) is 0 Å². The summed E-state index contributed by atoms with van der Waals surface area (Å²) in [6, 6.07) is 0. The minimum atomic E-state index is -0.248. The van der Waals surface area contributed by atoms with E-state index >= 15 is 0 Å². The van der Waals surface area contributed by atoms with Crippen LogP contribution >= 0.6 is 0 Å². The first-order valence-electron chi connectivity index (χ1n) is 4.61. The molecule has 0 aliphatic rings. The molecular weight excluding hydrogens is 184 g/mol. The maximum Gasteiger partial charge on any atom is 0.308 e. The Bertz CT molecular complexity index is 202. The Morgan fingerprint density at radius 2 is 2.14 bits per heavy atom. The molecule has 0 fully saturated rings. The van der Waals surface area contributed by atoms with Gasteiger partial charge in [-0.05, 0) is 6.42 Å². The smallest absolute Gasteiger partial charge is 0.308 e. The second kappa shape index (κ2) is 10.0. The molecule has 0 saturated heterocycles. The van der Waals surface area contributed by atoms with Crippen LogP contribution in [0.4, 0.5) is 0 Å². The van der Waals surface area contributed by atoms with E-state index in [0.29, 0.717) is 13.2 Å². The minimum absolute atomic E-state index is 0.165. The standard InChI is InChI=1S/C10H16O4/c1-2-7-14-10(12)5-9-13-8-4-3-6-11/h11H,2,5-9H2,1H3. The molecule has 4 heteroatoms. The lowest BCUT2D eigenvalue weighted by Crippen LogP contribution is -2.09. The third-order valence-corrected chi connectivity index (χ3v) is 1.30. The number of carbonyl (C=O) groups is 1. The van der Waals surface area contributed by atoms with Gasteiger partial charge in [0, 0.05) is 0 Å². The second-order valence-electron chi connectivity index (χ2n) is 2.53. The number of carbonyl (C=O) groups excluding carboxylic acids is 1. The van der Waals surface area contributed by atoms with Crippen LogP contribution in [0.1, 0.15) is 19.8 Å². The van der Waals surface area contributed by atoms with Gasteiger partial charge in [-0.1, -0.05) is 18.8 Å².